The first-order valence-corrected chi connectivity index (χ1v) is 2.91. The van der Waals surface area contributed by atoms with Crippen molar-refractivity contribution in [2.45, 2.75) is 0 Å². The molecule has 0 aromatic carbocycles. The van der Waals surface area contributed by atoms with Crippen molar-refractivity contribution in [2.75, 3.05) is 0 Å². The number of hydrogen-bond acceptors (Lipinski definition) is 2. The van der Waals surface area contributed by atoms with Crippen LogP contribution in [-0.4, -0.2) is 17.5 Å². The zero-order valence-corrected chi connectivity index (χ0v) is 7.93. The van der Waals surface area contributed by atoms with Crippen molar-refractivity contribution in [3.8, 4) is 0 Å². The van der Waals surface area contributed by atoms with E-state index in [9.17, 15) is 0 Å². The zero-order chi connectivity index (χ0) is 7.21. The van der Waals surface area contributed by atoms with E-state index < -0.39 is 10.4 Å². The summed E-state index contributed by atoms with van der Waals surface area (Å²) in [5, 5.41) is 0. The van der Waals surface area contributed by atoms with Gasteiger partial charge in [0.1, 0.15) is 0 Å². The smallest absolute Gasteiger partial charge is 0.264 e. The zero-order valence-electron chi connectivity index (χ0n) is 5.11. The molecule has 0 spiro atoms. The maximum Gasteiger partial charge on any atom is 1.00 e. The Hall–Kier alpha value is 0.480. The molecule has 0 saturated heterocycles. The molecule has 0 amide bonds. The van der Waals surface area contributed by atoms with Gasteiger partial charge in [0, 0.05) is 0 Å². The number of allylic oxidation sites excluding steroid dienone is 1. The molecule has 0 aliphatic rings. The molecule has 0 radical (unpaired) electrons. The van der Waals surface area contributed by atoms with E-state index in [0.29, 0.717) is 0 Å². The van der Waals surface area contributed by atoms with Crippen molar-refractivity contribution in [2.24, 2.45) is 0 Å². The molecule has 0 aliphatic heterocycles. The second-order valence-electron chi connectivity index (χ2n) is 0.737. The van der Waals surface area contributed by atoms with E-state index in [0.717, 1.165) is 0 Å². The molecular formula is C3H7NaO4S. The van der Waals surface area contributed by atoms with Crippen LogP contribution < -0.4 is 29.6 Å². The van der Waals surface area contributed by atoms with Crippen LogP contribution in [0.1, 0.15) is 0 Å². The molecule has 2 N–H and O–H groups in total. The fourth-order valence-corrected chi connectivity index (χ4v) is 0. The van der Waals surface area contributed by atoms with Crippen molar-refractivity contribution in [3.63, 3.8) is 0 Å². The predicted octanol–water partition coefficient (Wildman–Crippen LogP) is -2.64. The summed E-state index contributed by atoms with van der Waals surface area (Å²) in [6.45, 7) is 6.50. The summed E-state index contributed by atoms with van der Waals surface area (Å²) in [6.07, 6.45) is 1.50. The maximum atomic E-state index is 8.74. The van der Waals surface area contributed by atoms with Gasteiger partial charge in [-0.3, -0.25) is 9.11 Å². The van der Waals surface area contributed by atoms with E-state index in [4.69, 9.17) is 17.5 Å². The van der Waals surface area contributed by atoms with Crippen molar-refractivity contribution in [3.05, 3.63) is 19.6 Å². The first-order chi connectivity index (χ1) is 3.41. The van der Waals surface area contributed by atoms with Crippen LogP contribution >= 0.6 is 0 Å². The molecule has 0 saturated carbocycles. The van der Waals surface area contributed by atoms with Crippen molar-refractivity contribution >= 4 is 10.4 Å². The fourth-order valence-electron chi connectivity index (χ4n) is 0. The molecule has 9 heavy (non-hydrogen) atoms. The van der Waals surface area contributed by atoms with Gasteiger partial charge in [0.25, 0.3) is 0 Å². The third-order valence-corrected chi connectivity index (χ3v) is 0. The van der Waals surface area contributed by atoms with Crippen LogP contribution in [0.2, 0.25) is 0 Å². The van der Waals surface area contributed by atoms with E-state index in [1.165, 1.54) is 6.08 Å². The van der Waals surface area contributed by atoms with Gasteiger partial charge in [0.2, 0.25) is 0 Å². The van der Waals surface area contributed by atoms with Gasteiger partial charge in [-0.25, -0.2) is 19.6 Å². The Bertz CT molecular complexity index is 130. The van der Waals surface area contributed by atoms with Crippen LogP contribution in [0.15, 0.2) is 12.7 Å². The average molecular weight is 162 g/mol. The summed E-state index contributed by atoms with van der Waals surface area (Å²) in [4.78, 5) is 0. The van der Waals surface area contributed by atoms with Gasteiger partial charge in [0.05, 0.1) is 0 Å². The Morgan fingerprint density at radius 2 is 1.44 bits per heavy atom. The molecule has 0 aromatic rings. The second-order valence-corrected chi connectivity index (χ2v) is 1.63. The normalized spacial score (nSPS) is 7.78. The Morgan fingerprint density at radius 3 is 1.44 bits per heavy atom. The maximum absolute atomic E-state index is 8.74. The third kappa shape index (κ3) is 1550. The number of rotatable bonds is 0. The van der Waals surface area contributed by atoms with Crippen molar-refractivity contribution in [1.29, 1.82) is 0 Å². The van der Waals surface area contributed by atoms with Gasteiger partial charge in [-0.15, -0.1) is 0 Å². The molecule has 6 heteroatoms. The van der Waals surface area contributed by atoms with E-state index in [-0.39, 0.29) is 29.6 Å². The van der Waals surface area contributed by atoms with Crippen LogP contribution in [-0.2, 0) is 10.4 Å². The summed E-state index contributed by atoms with van der Waals surface area (Å²) >= 11 is 0. The Kier molecular flexibility index (Phi) is 15.3. The van der Waals surface area contributed by atoms with Crippen LogP contribution in [0.3, 0.4) is 0 Å². The molecule has 0 unspecified atom stereocenters. The quantitative estimate of drug-likeness (QED) is 0.232. The van der Waals surface area contributed by atoms with Gasteiger partial charge in [0.15, 0.2) is 0 Å². The van der Waals surface area contributed by atoms with Gasteiger partial charge < -0.3 is 0 Å². The van der Waals surface area contributed by atoms with Crippen molar-refractivity contribution in [1.82, 2.24) is 0 Å². The third-order valence-electron chi connectivity index (χ3n) is 0. The van der Waals surface area contributed by atoms with Gasteiger partial charge in [-0.1, -0.05) is 0 Å². The summed E-state index contributed by atoms with van der Waals surface area (Å²) in [5.41, 5.74) is 0. The Labute approximate surface area is 76.8 Å². The first kappa shape index (κ1) is 16.2. The fraction of sp³-hybridized carbons (Fsp3) is 0. The average Bonchev–Trinajstić information content (AvgIpc) is 1.27. The first-order valence-electron chi connectivity index (χ1n) is 1.51. The van der Waals surface area contributed by atoms with Gasteiger partial charge in [-0.2, -0.15) is 8.42 Å². The van der Waals surface area contributed by atoms with Crippen LogP contribution in [0.5, 0.6) is 0 Å². The van der Waals surface area contributed by atoms with Crippen molar-refractivity contribution < 1.29 is 47.1 Å². The summed E-state index contributed by atoms with van der Waals surface area (Å²) in [7, 11) is -4.67. The van der Waals surface area contributed by atoms with Gasteiger partial charge in [-0.05, 0) is 0 Å². The van der Waals surface area contributed by atoms with E-state index in [2.05, 4.69) is 13.5 Å². The molecular weight excluding hydrogens is 155 g/mol. The van der Waals surface area contributed by atoms with E-state index in [1.54, 1.807) is 0 Å². The Morgan fingerprint density at radius 1 is 1.44 bits per heavy atom. The minimum Gasteiger partial charge on any atom is -0.264 e. The molecule has 0 rings (SSSR count). The largest absolute Gasteiger partial charge is 1.00 e. The monoisotopic (exact) mass is 162 g/mol. The molecule has 0 atom stereocenters. The second kappa shape index (κ2) is 8.48. The van der Waals surface area contributed by atoms with E-state index in [1.807, 2.05) is 0 Å². The standard InChI is InChI=1S/C3H5.Na.H2O4S/c1-3-2;;1-5(2,3)4/h3H,1-2H2;;(H2,1,2,3,4)/q-1;+1;. The summed E-state index contributed by atoms with van der Waals surface area (Å²) in [6, 6.07) is 0. The van der Waals surface area contributed by atoms with Crippen LogP contribution in [0.4, 0.5) is 0 Å². The van der Waals surface area contributed by atoms with Crippen LogP contribution in [0.25, 0.3) is 0 Å². The molecule has 4 nitrogen and oxygen atoms in total. The van der Waals surface area contributed by atoms with Crippen LogP contribution in [0, 0.1) is 6.92 Å². The summed E-state index contributed by atoms with van der Waals surface area (Å²) < 4.78 is 31.6. The Balaban J connectivity index is -0.0000000800. The molecule has 0 aromatic heterocycles. The topological polar surface area (TPSA) is 74.6 Å². The van der Waals surface area contributed by atoms with Gasteiger partial charge >= 0.3 is 40.0 Å². The molecule has 0 heterocycles. The molecule has 0 fully saturated rings. The summed E-state index contributed by atoms with van der Waals surface area (Å²) in [5.74, 6) is 0. The van der Waals surface area contributed by atoms with E-state index >= 15 is 0 Å². The minimum atomic E-state index is -4.67. The predicted molar refractivity (Wildman–Crippen MR) is 29.7 cm³/mol. The molecule has 0 aliphatic carbocycles. The SMILES string of the molecule is C=C[CH2-].O=S(=O)(O)O.[Na+]. The molecule has 0 bridgehead atoms. The minimum absolute atomic E-state index is 0. The number of hydrogen-bond donors (Lipinski definition) is 2. The molecule has 50 valence electrons.